The number of H-pyrrole nitrogens is 1. The normalized spacial score (nSPS) is 12.1. The predicted octanol–water partition coefficient (Wildman–Crippen LogP) is 5.60. The van der Waals surface area contributed by atoms with Crippen molar-refractivity contribution in [2.24, 2.45) is 0 Å². The molecule has 0 aliphatic carbocycles. The molecule has 2 heterocycles. The van der Waals surface area contributed by atoms with Gasteiger partial charge < -0.3 is 9.88 Å². The van der Waals surface area contributed by atoms with Crippen LogP contribution in [0.5, 0.6) is 0 Å². The molecule has 0 saturated carbocycles. The van der Waals surface area contributed by atoms with Crippen molar-refractivity contribution >= 4 is 16.8 Å². The first-order valence-corrected chi connectivity index (χ1v) is 10.5. The van der Waals surface area contributed by atoms with Gasteiger partial charge in [0.1, 0.15) is 0 Å². The van der Waals surface area contributed by atoms with Crippen molar-refractivity contribution in [1.29, 1.82) is 0 Å². The molecule has 4 heteroatoms. The molecule has 0 spiro atoms. The Morgan fingerprint density at radius 3 is 2.43 bits per heavy atom. The number of rotatable bonds is 7. The molecule has 1 amide bonds. The van der Waals surface area contributed by atoms with Crippen molar-refractivity contribution in [2.45, 2.75) is 39.3 Å². The zero-order valence-electron chi connectivity index (χ0n) is 17.5. The number of nitrogens with one attached hydrogen (secondary N) is 1. The topological polar surface area (TPSA) is 49.0 Å². The Morgan fingerprint density at radius 2 is 1.70 bits per heavy atom. The second kappa shape index (κ2) is 8.95. The molecule has 4 nitrogen and oxygen atoms in total. The quantitative estimate of drug-likeness (QED) is 0.441. The number of para-hydroxylation sites is 1. The first-order chi connectivity index (χ1) is 14.7. The van der Waals surface area contributed by atoms with Gasteiger partial charge >= 0.3 is 0 Å². The van der Waals surface area contributed by atoms with Crippen molar-refractivity contribution in [3.8, 4) is 11.3 Å². The summed E-state index contributed by atoms with van der Waals surface area (Å²) in [6.45, 7) is 4.84. The summed E-state index contributed by atoms with van der Waals surface area (Å²) in [6, 6.07) is 22.6. The summed E-state index contributed by atoms with van der Waals surface area (Å²) in [7, 11) is 0. The Hall–Kier alpha value is -3.40. The fraction of sp³-hybridized carbons (Fsp3) is 0.231. The standard InChI is InChI=1S/C26H27N3O/c1-3-19(2)29(18-20-13-15-27-16-14-20)25(30)17-23-22-11-7-8-12-24(22)28-26(23)21-9-5-4-6-10-21/h4-16,19,28H,3,17-18H2,1-2H3/t19-/m0/s1. The summed E-state index contributed by atoms with van der Waals surface area (Å²) in [6.07, 6.45) is 4.84. The molecule has 0 radical (unpaired) electrons. The second-order valence-electron chi connectivity index (χ2n) is 7.70. The molecule has 0 saturated heterocycles. The van der Waals surface area contributed by atoms with E-state index in [0.717, 1.165) is 39.7 Å². The average molecular weight is 398 g/mol. The smallest absolute Gasteiger partial charge is 0.227 e. The Bertz CT molecular complexity index is 1120. The highest BCUT2D eigenvalue weighted by Gasteiger charge is 2.23. The number of pyridine rings is 1. The summed E-state index contributed by atoms with van der Waals surface area (Å²) in [5.74, 6) is 0.142. The van der Waals surface area contributed by atoms with Gasteiger partial charge in [-0.25, -0.2) is 0 Å². The monoisotopic (exact) mass is 397 g/mol. The van der Waals surface area contributed by atoms with Gasteiger partial charge in [-0.15, -0.1) is 0 Å². The highest BCUT2D eigenvalue weighted by molar-refractivity contribution is 5.95. The molecule has 152 valence electrons. The van der Waals surface area contributed by atoms with Gasteiger partial charge in [-0.3, -0.25) is 9.78 Å². The van der Waals surface area contributed by atoms with E-state index in [1.54, 1.807) is 12.4 Å². The molecule has 0 aliphatic heterocycles. The lowest BCUT2D eigenvalue weighted by Gasteiger charge is -2.29. The van der Waals surface area contributed by atoms with E-state index in [2.05, 4.69) is 48.1 Å². The van der Waals surface area contributed by atoms with Crippen molar-refractivity contribution in [3.63, 3.8) is 0 Å². The number of carbonyl (C=O) groups excluding carboxylic acids is 1. The molecule has 0 unspecified atom stereocenters. The van der Waals surface area contributed by atoms with E-state index in [0.29, 0.717) is 13.0 Å². The molecular formula is C26H27N3O. The number of fused-ring (bicyclic) bond motifs is 1. The van der Waals surface area contributed by atoms with Crippen LogP contribution in [0.1, 0.15) is 31.4 Å². The van der Waals surface area contributed by atoms with E-state index in [4.69, 9.17) is 0 Å². The van der Waals surface area contributed by atoms with Gasteiger partial charge in [0, 0.05) is 35.9 Å². The zero-order valence-corrected chi connectivity index (χ0v) is 17.5. The Kier molecular flexibility index (Phi) is 5.94. The number of hydrogen-bond donors (Lipinski definition) is 1. The summed E-state index contributed by atoms with van der Waals surface area (Å²) in [4.78, 5) is 23.2. The lowest BCUT2D eigenvalue weighted by Crippen LogP contribution is -2.38. The number of amides is 1. The van der Waals surface area contributed by atoms with Crippen LogP contribution in [0.4, 0.5) is 0 Å². The van der Waals surface area contributed by atoms with Crippen LogP contribution in [-0.4, -0.2) is 26.8 Å². The van der Waals surface area contributed by atoms with Gasteiger partial charge in [0.15, 0.2) is 0 Å². The molecule has 30 heavy (non-hydrogen) atoms. The van der Waals surface area contributed by atoms with Crippen LogP contribution in [0, 0.1) is 0 Å². The molecule has 2 aromatic carbocycles. The third-order valence-corrected chi connectivity index (χ3v) is 5.75. The number of nitrogens with zero attached hydrogens (tertiary/aromatic N) is 2. The summed E-state index contributed by atoms with van der Waals surface area (Å²) < 4.78 is 0. The molecule has 0 fully saturated rings. The van der Waals surface area contributed by atoms with E-state index in [1.165, 1.54) is 0 Å². The minimum Gasteiger partial charge on any atom is -0.354 e. The van der Waals surface area contributed by atoms with Crippen molar-refractivity contribution in [1.82, 2.24) is 14.9 Å². The van der Waals surface area contributed by atoms with Crippen LogP contribution in [0.25, 0.3) is 22.2 Å². The number of benzene rings is 2. The first kappa shape index (κ1) is 19.9. The third kappa shape index (κ3) is 4.13. The molecule has 1 N–H and O–H groups in total. The van der Waals surface area contributed by atoms with E-state index in [9.17, 15) is 4.79 Å². The van der Waals surface area contributed by atoms with Crippen molar-refractivity contribution in [2.75, 3.05) is 0 Å². The molecule has 1 atom stereocenters. The number of hydrogen-bond acceptors (Lipinski definition) is 2. The van der Waals surface area contributed by atoms with E-state index in [-0.39, 0.29) is 11.9 Å². The molecular weight excluding hydrogens is 370 g/mol. The SMILES string of the molecule is CC[C@H](C)N(Cc1ccncc1)C(=O)Cc1c(-c2ccccc2)[nH]c2ccccc12. The number of aromatic amines is 1. The largest absolute Gasteiger partial charge is 0.354 e. The van der Waals surface area contributed by atoms with E-state index in [1.807, 2.05) is 47.4 Å². The molecule has 4 aromatic rings. The fourth-order valence-electron chi connectivity index (χ4n) is 3.88. The van der Waals surface area contributed by atoms with Crippen LogP contribution in [0.15, 0.2) is 79.1 Å². The minimum absolute atomic E-state index is 0.142. The minimum atomic E-state index is 0.142. The molecule has 4 rings (SSSR count). The summed E-state index contributed by atoms with van der Waals surface area (Å²) in [5, 5.41) is 1.11. The second-order valence-corrected chi connectivity index (χ2v) is 7.70. The van der Waals surface area contributed by atoms with Gasteiger partial charge in [-0.1, -0.05) is 55.5 Å². The lowest BCUT2D eigenvalue weighted by molar-refractivity contribution is -0.133. The van der Waals surface area contributed by atoms with E-state index >= 15 is 0 Å². The van der Waals surface area contributed by atoms with Crippen LogP contribution in [-0.2, 0) is 17.8 Å². The number of aromatic nitrogens is 2. The predicted molar refractivity (Wildman–Crippen MR) is 122 cm³/mol. The van der Waals surface area contributed by atoms with Crippen LogP contribution < -0.4 is 0 Å². The van der Waals surface area contributed by atoms with Gasteiger partial charge in [-0.2, -0.15) is 0 Å². The Balaban J connectivity index is 1.70. The van der Waals surface area contributed by atoms with Crippen molar-refractivity contribution < 1.29 is 4.79 Å². The Labute approximate surface area is 177 Å². The molecule has 0 bridgehead atoms. The van der Waals surface area contributed by atoms with Gasteiger partial charge in [0.25, 0.3) is 0 Å². The van der Waals surface area contributed by atoms with Crippen LogP contribution >= 0.6 is 0 Å². The van der Waals surface area contributed by atoms with Crippen LogP contribution in [0.3, 0.4) is 0 Å². The maximum absolute atomic E-state index is 13.5. The van der Waals surface area contributed by atoms with Crippen molar-refractivity contribution in [3.05, 3.63) is 90.3 Å². The highest BCUT2D eigenvalue weighted by Crippen LogP contribution is 2.31. The highest BCUT2D eigenvalue weighted by atomic mass is 16.2. The molecule has 0 aliphatic rings. The molecule has 2 aromatic heterocycles. The van der Waals surface area contributed by atoms with Gasteiger partial charge in [-0.05, 0) is 48.2 Å². The summed E-state index contributed by atoms with van der Waals surface area (Å²) >= 11 is 0. The van der Waals surface area contributed by atoms with Gasteiger partial charge in [0.05, 0.1) is 12.1 Å². The first-order valence-electron chi connectivity index (χ1n) is 10.5. The average Bonchev–Trinajstić information content (AvgIpc) is 3.16. The van der Waals surface area contributed by atoms with Crippen LogP contribution in [0.2, 0.25) is 0 Å². The lowest BCUT2D eigenvalue weighted by atomic mass is 10.0. The van der Waals surface area contributed by atoms with Gasteiger partial charge in [0.2, 0.25) is 5.91 Å². The Morgan fingerprint density at radius 1 is 1.00 bits per heavy atom. The zero-order chi connectivity index (χ0) is 20.9. The summed E-state index contributed by atoms with van der Waals surface area (Å²) in [5.41, 5.74) is 5.34. The fourth-order valence-corrected chi connectivity index (χ4v) is 3.88. The number of carbonyl (C=O) groups is 1. The van der Waals surface area contributed by atoms with E-state index < -0.39 is 0 Å². The third-order valence-electron chi connectivity index (χ3n) is 5.75. The maximum Gasteiger partial charge on any atom is 0.227 e. The maximum atomic E-state index is 13.5.